The van der Waals surface area contributed by atoms with E-state index >= 15 is 0 Å². The Labute approximate surface area is 124 Å². The van der Waals surface area contributed by atoms with E-state index in [1.807, 2.05) is 24.4 Å². The van der Waals surface area contributed by atoms with E-state index in [1.54, 1.807) is 20.4 Å². The Morgan fingerprint density at radius 2 is 2.00 bits per heavy atom. The molecule has 1 aromatic carbocycles. The van der Waals surface area contributed by atoms with Crippen molar-refractivity contribution in [3.8, 4) is 17.2 Å². The lowest BCUT2D eigenvalue weighted by molar-refractivity contribution is 0.220. The van der Waals surface area contributed by atoms with Crippen LogP contribution in [0.3, 0.4) is 0 Å². The van der Waals surface area contributed by atoms with E-state index in [-0.39, 0.29) is 0 Å². The summed E-state index contributed by atoms with van der Waals surface area (Å²) in [6, 6.07) is 8.07. The second kappa shape index (κ2) is 6.04. The van der Waals surface area contributed by atoms with Crippen molar-refractivity contribution in [2.45, 2.75) is 12.8 Å². The van der Waals surface area contributed by atoms with Gasteiger partial charge in [0.05, 0.1) is 27.0 Å². The van der Waals surface area contributed by atoms with Crippen molar-refractivity contribution in [1.29, 1.82) is 0 Å². The minimum Gasteiger partial charge on any atom is -0.497 e. The largest absolute Gasteiger partial charge is 0.497 e. The molecule has 4 heteroatoms. The van der Waals surface area contributed by atoms with Crippen LogP contribution in [0.15, 0.2) is 36.7 Å². The van der Waals surface area contributed by atoms with Gasteiger partial charge in [0, 0.05) is 18.2 Å². The summed E-state index contributed by atoms with van der Waals surface area (Å²) in [5.74, 6) is 3.03. The first-order valence-electron chi connectivity index (χ1n) is 7.06. The molecular weight excluding hydrogens is 266 g/mol. The topological polar surface area (TPSA) is 40.6 Å². The Morgan fingerprint density at radius 1 is 1.14 bits per heavy atom. The molecule has 0 N–H and O–H groups in total. The highest BCUT2D eigenvalue weighted by atomic mass is 16.5. The minimum absolute atomic E-state index is 0.458. The number of rotatable bonds is 4. The van der Waals surface area contributed by atoms with Crippen molar-refractivity contribution in [3.05, 3.63) is 47.8 Å². The summed E-state index contributed by atoms with van der Waals surface area (Å²) in [5, 5.41) is 0. The number of hydrogen-bond acceptors (Lipinski definition) is 4. The zero-order valence-electron chi connectivity index (χ0n) is 12.3. The van der Waals surface area contributed by atoms with Crippen LogP contribution in [0.2, 0.25) is 0 Å². The molecule has 1 atom stereocenters. The molecule has 21 heavy (non-hydrogen) atoms. The van der Waals surface area contributed by atoms with E-state index in [9.17, 15) is 0 Å². The molecule has 0 saturated carbocycles. The maximum absolute atomic E-state index is 5.88. The number of pyridine rings is 1. The number of hydrogen-bond donors (Lipinski definition) is 0. The summed E-state index contributed by atoms with van der Waals surface area (Å²) >= 11 is 0. The number of fused-ring (bicyclic) bond motifs is 1. The summed E-state index contributed by atoms with van der Waals surface area (Å²) in [5.41, 5.74) is 2.42. The first-order chi connectivity index (χ1) is 10.3. The molecule has 110 valence electrons. The molecular formula is C17H19NO3. The molecule has 1 aliphatic rings. The lowest BCUT2D eigenvalue weighted by Crippen LogP contribution is -2.22. The van der Waals surface area contributed by atoms with Gasteiger partial charge in [0.15, 0.2) is 0 Å². The van der Waals surface area contributed by atoms with E-state index < -0.39 is 0 Å². The van der Waals surface area contributed by atoms with Crippen LogP contribution in [0.4, 0.5) is 0 Å². The van der Waals surface area contributed by atoms with Gasteiger partial charge in [-0.15, -0.1) is 0 Å². The molecule has 4 nitrogen and oxygen atoms in total. The zero-order chi connectivity index (χ0) is 14.7. The lowest BCUT2D eigenvalue weighted by atomic mass is 9.91. The molecule has 0 amide bonds. The number of aromatic nitrogens is 1. The second-order valence-electron chi connectivity index (χ2n) is 5.29. The first-order valence-corrected chi connectivity index (χ1v) is 7.06. The number of ether oxygens (including phenoxy) is 3. The number of benzene rings is 1. The average molecular weight is 285 g/mol. The van der Waals surface area contributed by atoms with Crippen molar-refractivity contribution in [2.75, 3.05) is 20.8 Å². The lowest BCUT2D eigenvalue weighted by Gasteiger charge is -2.25. The van der Waals surface area contributed by atoms with Crippen LogP contribution in [-0.2, 0) is 12.8 Å². The van der Waals surface area contributed by atoms with Crippen LogP contribution in [0, 0.1) is 5.92 Å². The summed E-state index contributed by atoms with van der Waals surface area (Å²) in [6.45, 7) is 0.720. The molecule has 2 heterocycles. The normalized spacial score (nSPS) is 16.8. The van der Waals surface area contributed by atoms with Crippen molar-refractivity contribution in [2.24, 2.45) is 5.92 Å². The quantitative estimate of drug-likeness (QED) is 0.866. The first kappa shape index (κ1) is 13.7. The van der Waals surface area contributed by atoms with E-state index in [4.69, 9.17) is 14.2 Å². The van der Waals surface area contributed by atoms with Crippen LogP contribution < -0.4 is 14.2 Å². The molecule has 1 aliphatic heterocycles. The average Bonchev–Trinajstić information content (AvgIpc) is 2.54. The van der Waals surface area contributed by atoms with E-state index in [0.717, 1.165) is 36.7 Å². The molecule has 1 unspecified atom stereocenters. The van der Waals surface area contributed by atoms with Crippen molar-refractivity contribution in [3.63, 3.8) is 0 Å². The molecule has 0 spiro atoms. The van der Waals surface area contributed by atoms with Gasteiger partial charge in [-0.05, 0) is 36.1 Å². The van der Waals surface area contributed by atoms with Gasteiger partial charge in [-0.25, -0.2) is 0 Å². The molecule has 0 bridgehead atoms. The SMILES string of the molecule is COc1cncc(CC2COc3cc(OC)ccc3C2)c1. The Morgan fingerprint density at radius 3 is 2.81 bits per heavy atom. The standard InChI is InChI=1S/C17H19NO3/c1-19-15-4-3-14-6-13(11-21-17(14)8-15)5-12-7-16(20-2)10-18-9-12/h3-4,7-10,13H,5-6,11H2,1-2H3. The van der Waals surface area contributed by atoms with Gasteiger partial charge in [0.2, 0.25) is 0 Å². The third kappa shape index (κ3) is 3.10. The summed E-state index contributed by atoms with van der Waals surface area (Å²) in [4.78, 5) is 4.21. The Balaban J connectivity index is 1.71. The molecule has 1 aromatic heterocycles. The van der Waals surface area contributed by atoms with Gasteiger partial charge in [-0.2, -0.15) is 0 Å². The third-order valence-corrected chi connectivity index (χ3v) is 3.79. The van der Waals surface area contributed by atoms with Gasteiger partial charge in [-0.3, -0.25) is 4.98 Å². The predicted molar refractivity (Wildman–Crippen MR) is 80.2 cm³/mol. The van der Waals surface area contributed by atoms with Crippen molar-refractivity contribution >= 4 is 0 Å². The molecule has 0 saturated heterocycles. The summed E-state index contributed by atoms with van der Waals surface area (Å²) in [7, 11) is 3.33. The van der Waals surface area contributed by atoms with Crippen LogP contribution >= 0.6 is 0 Å². The second-order valence-corrected chi connectivity index (χ2v) is 5.29. The smallest absolute Gasteiger partial charge is 0.137 e. The monoisotopic (exact) mass is 285 g/mol. The Kier molecular flexibility index (Phi) is 3.95. The molecule has 0 fully saturated rings. The minimum atomic E-state index is 0.458. The molecule has 3 rings (SSSR count). The summed E-state index contributed by atoms with van der Waals surface area (Å²) < 4.78 is 16.3. The fourth-order valence-electron chi connectivity index (χ4n) is 2.69. The van der Waals surface area contributed by atoms with Crippen LogP contribution in [0.5, 0.6) is 17.2 Å². The highest BCUT2D eigenvalue weighted by Gasteiger charge is 2.21. The van der Waals surface area contributed by atoms with Gasteiger partial charge < -0.3 is 14.2 Å². The fraction of sp³-hybridized carbons (Fsp3) is 0.353. The van der Waals surface area contributed by atoms with E-state index in [2.05, 4.69) is 11.1 Å². The van der Waals surface area contributed by atoms with E-state index in [1.165, 1.54) is 11.1 Å². The van der Waals surface area contributed by atoms with Gasteiger partial charge in [0.1, 0.15) is 17.2 Å². The van der Waals surface area contributed by atoms with Gasteiger partial charge in [-0.1, -0.05) is 6.07 Å². The van der Waals surface area contributed by atoms with Crippen molar-refractivity contribution < 1.29 is 14.2 Å². The highest BCUT2D eigenvalue weighted by Crippen LogP contribution is 2.32. The van der Waals surface area contributed by atoms with Crippen LogP contribution in [-0.4, -0.2) is 25.8 Å². The molecule has 0 radical (unpaired) electrons. The van der Waals surface area contributed by atoms with E-state index in [0.29, 0.717) is 5.92 Å². The molecule has 0 aliphatic carbocycles. The fourth-order valence-corrected chi connectivity index (χ4v) is 2.69. The highest BCUT2D eigenvalue weighted by molar-refractivity contribution is 5.42. The van der Waals surface area contributed by atoms with Crippen LogP contribution in [0.1, 0.15) is 11.1 Å². The third-order valence-electron chi connectivity index (χ3n) is 3.79. The predicted octanol–water partition coefficient (Wildman–Crippen LogP) is 2.89. The molecule has 2 aromatic rings. The number of methoxy groups -OCH3 is 2. The maximum Gasteiger partial charge on any atom is 0.137 e. The van der Waals surface area contributed by atoms with Gasteiger partial charge in [0.25, 0.3) is 0 Å². The number of nitrogens with zero attached hydrogens (tertiary/aromatic N) is 1. The van der Waals surface area contributed by atoms with Crippen LogP contribution in [0.25, 0.3) is 0 Å². The van der Waals surface area contributed by atoms with Crippen molar-refractivity contribution in [1.82, 2.24) is 4.98 Å². The zero-order valence-corrected chi connectivity index (χ0v) is 12.3. The van der Waals surface area contributed by atoms with Gasteiger partial charge >= 0.3 is 0 Å². The Bertz CT molecular complexity index is 627. The maximum atomic E-state index is 5.88. The Hall–Kier alpha value is -2.23. The summed E-state index contributed by atoms with van der Waals surface area (Å²) in [6.07, 6.45) is 5.57.